The molecule has 0 aliphatic heterocycles. The molecule has 1 N–H and O–H groups in total. The van der Waals surface area contributed by atoms with Crippen molar-refractivity contribution in [2.75, 3.05) is 38.2 Å². The molecule has 166 valence electrons. The van der Waals surface area contributed by atoms with Gasteiger partial charge in [0.15, 0.2) is 0 Å². The maximum atomic E-state index is 12.7. The van der Waals surface area contributed by atoms with Gasteiger partial charge in [-0.05, 0) is 44.5 Å². The van der Waals surface area contributed by atoms with Crippen LogP contribution in [0.25, 0.3) is 0 Å². The van der Waals surface area contributed by atoms with Gasteiger partial charge in [0.05, 0.1) is 12.7 Å². The molecule has 0 aromatic carbocycles. The Morgan fingerprint density at radius 3 is 2.68 bits per heavy atom. The van der Waals surface area contributed by atoms with Crippen molar-refractivity contribution in [2.24, 2.45) is 0 Å². The zero-order valence-corrected chi connectivity index (χ0v) is 18.8. The second kappa shape index (κ2) is 12.5. The Kier molecular flexibility index (Phi) is 9.72. The molecule has 2 aromatic heterocycles. The number of nitriles is 1. The Bertz CT molecular complexity index is 865. The SMILES string of the molecule is CCN(CC(C)N(CC)c1ccc(C#N)cn1)C(=O)CCNCc1ccnc(OC)c1. The van der Waals surface area contributed by atoms with E-state index in [0.717, 1.165) is 17.9 Å². The second-order valence-electron chi connectivity index (χ2n) is 7.22. The monoisotopic (exact) mass is 424 g/mol. The standard InChI is InChI=1S/C23H32N6O2/c1-5-28(17-18(3)29(6-2)21-8-7-20(14-24)16-27-21)23(30)10-11-25-15-19-9-12-26-22(13-19)31-4/h7-9,12-13,16,18,25H,5-6,10-11,15,17H2,1-4H3. The number of ether oxygens (including phenoxy) is 1. The fraction of sp³-hybridized carbons (Fsp3) is 0.478. The van der Waals surface area contributed by atoms with Crippen LogP contribution in [0.3, 0.4) is 0 Å². The minimum Gasteiger partial charge on any atom is -0.481 e. The maximum absolute atomic E-state index is 12.7. The zero-order valence-electron chi connectivity index (χ0n) is 18.8. The first-order chi connectivity index (χ1) is 15.0. The number of pyridine rings is 2. The summed E-state index contributed by atoms with van der Waals surface area (Å²) in [5.41, 5.74) is 1.60. The minimum absolute atomic E-state index is 0.103. The lowest BCUT2D eigenvalue weighted by Gasteiger charge is -2.33. The molecule has 31 heavy (non-hydrogen) atoms. The van der Waals surface area contributed by atoms with E-state index in [9.17, 15) is 4.79 Å². The summed E-state index contributed by atoms with van der Waals surface area (Å²) in [5, 5.41) is 12.3. The van der Waals surface area contributed by atoms with Crippen molar-refractivity contribution in [3.8, 4) is 11.9 Å². The third kappa shape index (κ3) is 7.23. The first-order valence-electron chi connectivity index (χ1n) is 10.6. The van der Waals surface area contributed by atoms with E-state index < -0.39 is 0 Å². The lowest BCUT2D eigenvalue weighted by Crippen LogP contribution is -2.45. The predicted octanol–water partition coefficient (Wildman–Crippen LogP) is 2.60. The van der Waals surface area contributed by atoms with Crippen molar-refractivity contribution in [3.63, 3.8) is 0 Å². The van der Waals surface area contributed by atoms with Crippen molar-refractivity contribution < 1.29 is 9.53 Å². The summed E-state index contributed by atoms with van der Waals surface area (Å²) in [6.07, 6.45) is 3.73. The number of nitrogens with zero attached hydrogens (tertiary/aromatic N) is 5. The van der Waals surface area contributed by atoms with Crippen molar-refractivity contribution in [1.29, 1.82) is 5.26 Å². The largest absolute Gasteiger partial charge is 0.481 e. The third-order valence-corrected chi connectivity index (χ3v) is 5.12. The normalized spacial score (nSPS) is 11.5. The molecular formula is C23H32N6O2. The Labute approximate surface area is 184 Å². The van der Waals surface area contributed by atoms with Gasteiger partial charge in [0.25, 0.3) is 0 Å². The molecule has 1 atom stereocenters. The summed E-state index contributed by atoms with van der Waals surface area (Å²) < 4.78 is 5.13. The number of hydrogen-bond acceptors (Lipinski definition) is 7. The molecular weight excluding hydrogens is 392 g/mol. The van der Waals surface area contributed by atoms with Crippen LogP contribution >= 0.6 is 0 Å². The minimum atomic E-state index is 0.103. The van der Waals surface area contributed by atoms with E-state index in [1.807, 2.05) is 30.0 Å². The van der Waals surface area contributed by atoms with Crippen molar-refractivity contribution in [1.82, 2.24) is 20.2 Å². The van der Waals surface area contributed by atoms with E-state index >= 15 is 0 Å². The first-order valence-corrected chi connectivity index (χ1v) is 10.6. The highest BCUT2D eigenvalue weighted by molar-refractivity contribution is 5.76. The van der Waals surface area contributed by atoms with Gasteiger partial charge in [-0.3, -0.25) is 4.79 Å². The molecule has 0 bridgehead atoms. The molecule has 1 amide bonds. The van der Waals surface area contributed by atoms with E-state index in [1.54, 1.807) is 25.6 Å². The summed E-state index contributed by atoms with van der Waals surface area (Å²) in [7, 11) is 1.59. The van der Waals surface area contributed by atoms with Crippen molar-refractivity contribution >= 4 is 11.7 Å². The fourth-order valence-electron chi connectivity index (χ4n) is 3.40. The van der Waals surface area contributed by atoms with Gasteiger partial charge in [0.1, 0.15) is 11.9 Å². The average Bonchev–Trinajstić information content (AvgIpc) is 2.81. The first kappa shape index (κ1) is 24.1. The van der Waals surface area contributed by atoms with Gasteiger partial charge in [-0.2, -0.15) is 5.26 Å². The number of methoxy groups -OCH3 is 1. The smallest absolute Gasteiger partial charge is 0.223 e. The van der Waals surface area contributed by atoms with Crippen LogP contribution in [0, 0.1) is 11.3 Å². The summed E-state index contributed by atoms with van der Waals surface area (Å²) in [5.74, 6) is 1.52. The number of rotatable bonds is 12. The molecule has 2 aromatic rings. The van der Waals surface area contributed by atoms with Crippen LogP contribution < -0.4 is 15.0 Å². The van der Waals surface area contributed by atoms with Crippen LogP contribution in [0.2, 0.25) is 0 Å². The number of carbonyl (C=O) groups is 1. The van der Waals surface area contributed by atoms with Crippen LogP contribution in [0.1, 0.15) is 38.3 Å². The quantitative estimate of drug-likeness (QED) is 0.523. The molecule has 0 saturated carbocycles. The molecule has 2 heterocycles. The van der Waals surface area contributed by atoms with Crippen LogP contribution in [0.15, 0.2) is 36.7 Å². The highest BCUT2D eigenvalue weighted by Crippen LogP contribution is 2.15. The Balaban J connectivity index is 1.85. The van der Waals surface area contributed by atoms with Crippen LogP contribution in [-0.4, -0.2) is 60.1 Å². The molecule has 0 aliphatic rings. The number of nitrogens with one attached hydrogen (secondary N) is 1. The van der Waals surface area contributed by atoms with Crippen molar-refractivity contribution in [2.45, 2.75) is 39.8 Å². The number of hydrogen-bond donors (Lipinski definition) is 1. The summed E-state index contributed by atoms with van der Waals surface area (Å²) >= 11 is 0. The van der Waals surface area contributed by atoms with E-state index in [4.69, 9.17) is 10.00 Å². The van der Waals surface area contributed by atoms with E-state index in [-0.39, 0.29) is 11.9 Å². The molecule has 0 fully saturated rings. The number of likely N-dealkylation sites (N-methyl/N-ethyl adjacent to an activating group) is 2. The topological polar surface area (TPSA) is 94.4 Å². The van der Waals surface area contributed by atoms with Gasteiger partial charge in [0, 0.05) is 63.6 Å². The Morgan fingerprint density at radius 2 is 2.06 bits per heavy atom. The lowest BCUT2D eigenvalue weighted by molar-refractivity contribution is -0.131. The molecule has 0 aliphatic carbocycles. The predicted molar refractivity (Wildman–Crippen MR) is 121 cm³/mol. The lowest BCUT2D eigenvalue weighted by atomic mass is 10.2. The Hall–Kier alpha value is -3.18. The van der Waals surface area contributed by atoms with Crippen LogP contribution in [0.5, 0.6) is 5.88 Å². The highest BCUT2D eigenvalue weighted by Gasteiger charge is 2.20. The fourth-order valence-corrected chi connectivity index (χ4v) is 3.40. The molecule has 1 unspecified atom stereocenters. The molecule has 0 radical (unpaired) electrons. The number of anilines is 1. The highest BCUT2D eigenvalue weighted by atomic mass is 16.5. The van der Waals surface area contributed by atoms with E-state index in [1.165, 1.54) is 0 Å². The Morgan fingerprint density at radius 1 is 1.26 bits per heavy atom. The molecule has 2 rings (SSSR count). The van der Waals surface area contributed by atoms with Gasteiger partial charge in [-0.15, -0.1) is 0 Å². The average molecular weight is 425 g/mol. The van der Waals surface area contributed by atoms with E-state index in [0.29, 0.717) is 44.0 Å². The summed E-state index contributed by atoms with van der Waals surface area (Å²) in [4.78, 5) is 25.3. The zero-order chi connectivity index (χ0) is 22.6. The van der Waals surface area contributed by atoms with Gasteiger partial charge in [-0.25, -0.2) is 9.97 Å². The van der Waals surface area contributed by atoms with Gasteiger partial charge < -0.3 is 19.9 Å². The molecule has 0 spiro atoms. The van der Waals surface area contributed by atoms with Gasteiger partial charge in [-0.1, -0.05) is 0 Å². The maximum Gasteiger partial charge on any atom is 0.223 e. The third-order valence-electron chi connectivity index (χ3n) is 5.12. The van der Waals surface area contributed by atoms with Crippen molar-refractivity contribution in [3.05, 3.63) is 47.8 Å². The number of carbonyl (C=O) groups excluding carboxylic acids is 1. The van der Waals surface area contributed by atoms with Gasteiger partial charge in [0.2, 0.25) is 11.8 Å². The molecule has 0 saturated heterocycles. The van der Waals surface area contributed by atoms with Crippen LogP contribution in [-0.2, 0) is 11.3 Å². The van der Waals surface area contributed by atoms with Gasteiger partial charge >= 0.3 is 0 Å². The number of amides is 1. The number of aromatic nitrogens is 2. The molecule has 8 heteroatoms. The second-order valence-corrected chi connectivity index (χ2v) is 7.22. The summed E-state index contributed by atoms with van der Waals surface area (Å²) in [6.45, 7) is 9.45. The summed E-state index contributed by atoms with van der Waals surface area (Å²) in [6, 6.07) is 9.62. The molecule has 8 nitrogen and oxygen atoms in total. The van der Waals surface area contributed by atoms with E-state index in [2.05, 4.69) is 40.1 Å². The van der Waals surface area contributed by atoms with Crippen LogP contribution in [0.4, 0.5) is 5.82 Å².